The summed E-state index contributed by atoms with van der Waals surface area (Å²) >= 11 is 0. The number of carbonyl (C=O) groups is 1. The van der Waals surface area contributed by atoms with Crippen LogP contribution < -0.4 is 4.74 Å². The summed E-state index contributed by atoms with van der Waals surface area (Å²) in [6.07, 6.45) is 0.839. The summed E-state index contributed by atoms with van der Waals surface area (Å²) in [6, 6.07) is 5.23. The van der Waals surface area contributed by atoms with Gasteiger partial charge in [0.15, 0.2) is 0 Å². The molecule has 0 unspecified atom stereocenters. The van der Waals surface area contributed by atoms with Gasteiger partial charge in [-0.2, -0.15) is 0 Å². The van der Waals surface area contributed by atoms with Crippen LogP contribution in [0.4, 0.5) is 0 Å². The van der Waals surface area contributed by atoms with Gasteiger partial charge in [0.1, 0.15) is 11.8 Å². The van der Waals surface area contributed by atoms with Crippen molar-refractivity contribution in [3.63, 3.8) is 0 Å². The number of benzene rings is 1. The van der Waals surface area contributed by atoms with Crippen LogP contribution in [-0.4, -0.2) is 47.4 Å². The van der Waals surface area contributed by atoms with E-state index >= 15 is 0 Å². The first-order valence-electron chi connectivity index (χ1n) is 7.67. The Labute approximate surface area is 133 Å². The van der Waals surface area contributed by atoms with Crippen LogP contribution in [-0.2, 0) is 11.2 Å². The fourth-order valence-electron chi connectivity index (χ4n) is 2.98. The zero-order chi connectivity index (χ0) is 15.8. The van der Waals surface area contributed by atoms with E-state index in [9.17, 15) is 4.79 Å². The molecule has 1 atom stereocenters. The number of hydrogen-bond acceptors (Lipinski definition) is 6. The van der Waals surface area contributed by atoms with Crippen molar-refractivity contribution in [3.8, 4) is 5.75 Å². The zero-order valence-electron chi connectivity index (χ0n) is 12.8. The summed E-state index contributed by atoms with van der Waals surface area (Å²) in [5, 5.41) is 7.89. The Morgan fingerprint density at radius 2 is 2.22 bits per heavy atom. The van der Waals surface area contributed by atoms with E-state index in [4.69, 9.17) is 13.9 Å². The molecule has 1 aromatic heterocycles. The summed E-state index contributed by atoms with van der Waals surface area (Å²) in [5.41, 5.74) is 1.73. The van der Waals surface area contributed by atoms with Gasteiger partial charge in [-0.3, -0.25) is 4.79 Å². The minimum atomic E-state index is -0.345. The van der Waals surface area contributed by atoms with Gasteiger partial charge < -0.3 is 18.8 Å². The number of aromatic nitrogens is 2. The number of carbonyl (C=O) groups excluding carboxylic acids is 1. The molecule has 7 heteroatoms. The normalized spacial score (nSPS) is 20.2. The van der Waals surface area contributed by atoms with Crippen molar-refractivity contribution in [2.75, 3.05) is 26.4 Å². The molecule has 1 saturated heterocycles. The second kappa shape index (κ2) is 5.66. The Hall–Kier alpha value is -2.41. The Morgan fingerprint density at radius 1 is 1.30 bits per heavy atom. The fraction of sp³-hybridized carbons (Fsp3) is 0.438. The molecule has 1 fully saturated rings. The lowest BCUT2D eigenvalue weighted by Crippen LogP contribution is -2.43. The first-order valence-corrected chi connectivity index (χ1v) is 7.67. The first kappa shape index (κ1) is 14.2. The fourth-order valence-corrected chi connectivity index (χ4v) is 2.98. The standard InChI is InChI=1S/C16H17N3O4/c1-10-17-18-15(23-10)13-9-21-7-5-19(13)16(20)12-2-3-14-11(8-12)4-6-22-14/h2-3,8,13H,4-7,9H2,1H3/t13-/m0/s1. The maximum atomic E-state index is 12.9. The van der Waals surface area contributed by atoms with E-state index in [0.29, 0.717) is 43.7 Å². The second-order valence-electron chi connectivity index (χ2n) is 5.67. The van der Waals surface area contributed by atoms with Crippen molar-refractivity contribution >= 4 is 5.91 Å². The van der Waals surface area contributed by atoms with Gasteiger partial charge >= 0.3 is 0 Å². The average Bonchev–Trinajstić information content (AvgIpc) is 3.22. The van der Waals surface area contributed by atoms with E-state index in [1.807, 2.05) is 12.1 Å². The number of amides is 1. The van der Waals surface area contributed by atoms with Gasteiger partial charge in [0.05, 0.1) is 19.8 Å². The van der Waals surface area contributed by atoms with Crippen LogP contribution in [0.2, 0.25) is 0 Å². The van der Waals surface area contributed by atoms with Crippen LogP contribution in [0.5, 0.6) is 5.75 Å². The molecule has 1 amide bonds. The Balaban J connectivity index is 1.62. The summed E-state index contributed by atoms with van der Waals surface area (Å²) in [4.78, 5) is 14.7. The summed E-state index contributed by atoms with van der Waals surface area (Å²) in [5.74, 6) is 1.71. The number of rotatable bonds is 2. The molecule has 7 nitrogen and oxygen atoms in total. The second-order valence-corrected chi connectivity index (χ2v) is 5.67. The summed E-state index contributed by atoms with van der Waals surface area (Å²) < 4.78 is 16.5. The lowest BCUT2D eigenvalue weighted by Gasteiger charge is -2.33. The van der Waals surface area contributed by atoms with Crippen molar-refractivity contribution in [3.05, 3.63) is 41.1 Å². The average molecular weight is 315 g/mol. The van der Waals surface area contributed by atoms with Crippen molar-refractivity contribution in [1.29, 1.82) is 0 Å². The van der Waals surface area contributed by atoms with Crippen LogP contribution in [0.1, 0.15) is 33.7 Å². The van der Waals surface area contributed by atoms with Crippen LogP contribution in [0.3, 0.4) is 0 Å². The molecule has 0 N–H and O–H groups in total. The van der Waals surface area contributed by atoms with Gasteiger partial charge in [0.2, 0.25) is 11.8 Å². The summed E-state index contributed by atoms with van der Waals surface area (Å²) in [6.45, 7) is 3.77. The third kappa shape index (κ3) is 2.57. The maximum Gasteiger partial charge on any atom is 0.254 e. The van der Waals surface area contributed by atoms with E-state index in [1.165, 1.54) is 0 Å². The van der Waals surface area contributed by atoms with Crippen molar-refractivity contribution in [2.45, 2.75) is 19.4 Å². The Morgan fingerprint density at radius 3 is 3.04 bits per heavy atom. The third-order valence-corrected chi connectivity index (χ3v) is 4.15. The first-order chi connectivity index (χ1) is 11.2. The van der Waals surface area contributed by atoms with Gasteiger partial charge in [-0.05, 0) is 23.8 Å². The van der Waals surface area contributed by atoms with Gasteiger partial charge in [-0.1, -0.05) is 0 Å². The van der Waals surface area contributed by atoms with E-state index < -0.39 is 0 Å². The molecule has 0 radical (unpaired) electrons. The zero-order valence-corrected chi connectivity index (χ0v) is 12.8. The molecular weight excluding hydrogens is 298 g/mol. The number of fused-ring (bicyclic) bond motifs is 1. The molecule has 2 aromatic rings. The van der Waals surface area contributed by atoms with E-state index in [0.717, 1.165) is 17.7 Å². The maximum absolute atomic E-state index is 12.9. The highest BCUT2D eigenvalue weighted by molar-refractivity contribution is 5.95. The van der Waals surface area contributed by atoms with Gasteiger partial charge in [-0.15, -0.1) is 10.2 Å². The van der Waals surface area contributed by atoms with E-state index in [-0.39, 0.29) is 11.9 Å². The lowest BCUT2D eigenvalue weighted by atomic mass is 10.1. The molecule has 1 aromatic carbocycles. The van der Waals surface area contributed by atoms with Gasteiger partial charge in [0, 0.05) is 25.5 Å². The smallest absolute Gasteiger partial charge is 0.254 e. The molecular formula is C16H17N3O4. The minimum absolute atomic E-state index is 0.0520. The number of hydrogen-bond donors (Lipinski definition) is 0. The number of ether oxygens (including phenoxy) is 2. The van der Waals surface area contributed by atoms with Crippen LogP contribution >= 0.6 is 0 Å². The van der Waals surface area contributed by atoms with Crippen molar-refractivity contribution in [2.24, 2.45) is 0 Å². The van der Waals surface area contributed by atoms with Gasteiger partial charge in [0.25, 0.3) is 5.91 Å². The highest BCUT2D eigenvalue weighted by atomic mass is 16.5. The number of morpholine rings is 1. The molecule has 0 bridgehead atoms. The quantitative estimate of drug-likeness (QED) is 0.836. The molecule has 4 rings (SSSR count). The predicted molar refractivity (Wildman–Crippen MR) is 79.3 cm³/mol. The largest absolute Gasteiger partial charge is 0.493 e. The van der Waals surface area contributed by atoms with Crippen LogP contribution in [0.25, 0.3) is 0 Å². The Bertz CT molecular complexity index is 743. The van der Waals surface area contributed by atoms with Crippen molar-refractivity contribution < 1.29 is 18.7 Å². The van der Waals surface area contributed by atoms with Crippen LogP contribution in [0.15, 0.2) is 22.6 Å². The van der Waals surface area contributed by atoms with Gasteiger partial charge in [-0.25, -0.2) is 0 Å². The SMILES string of the molecule is Cc1nnc([C@@H]2COCCN2C(=O)c2ccc3c(c2)CCO3)o1. The van der Waals surface area contributed by atoms with Crippen LogP contribution in [0, 0.1) is 6.92 Å². The molecule has 3 heterocycles. The minimum Gasteiger partial charge on any atom is -0.493 e. The highest BCUT2D eigenvalue weighted by Crippen LogP contribution is 2.29. The lowest BCUT2D eigenvalue weighted by molar-refractivity contribution is -0.0106. The monoisotopic (exact) mass is 315 g/mol. The molecule has 0 saturated carbocycles. The molecule has 2 aliphatic rings. The topological polar surface area (TPSA) is 77.7 Å². The molecule has 0 aliphatic carbocycles. The highest BCUT2D eigenvalue weighted by Gasteiger charge is 2.33. The Kier molecular flexibility index (Phi) is 3.49. The molecule has 23 heavy (non-hydrogen) atoms. The van der Waals surface area contributed by atoms with E-state index in [1.54, 1.807) is 17.9 Å². The molecule has 2 aliphatic heterocycles. The molecule has 0 spiro atoms. The van der Waals surface area contributed by atoms with Crippen molar-refractivity contribution in [1.82, 2.24) is 15.1 Å². The number of nitrogens with zero attached hydrogens (tertiary/aromatic N) is 3. The number of aryl methyl sites for hydroxylation is 1. The molecule has 120 valence electrons. The third-order valence-electron chi connectivity index (χ3n) is 4.15. The summed E-state index contributed by atoms with van der Waals surface area (Å²) in [7, 11) is 0. The van der Waals surface area contributed by atoms with E-state index in [2.05, 4.69) is 10.2 Å². The predicted octanol–water partition coefficient (Wildman–Crippen LogP) is 1.53.